The highest BCUT2D eigenvalue weighted by Crippen LogP contribution is 2.15. The first-order chi connectivity index (χ1) is 5.33. The lowest BCUT2D eigenvalue weighted by molar-refractivity contribution is -0.119. The summed E-state index contributed by atoms with van der Waals surface area (Å²) in [5.74, 6) is 0.451. The molecule has 0 saturated heterocycles. The van der Waals surface area contributed by atoms with Crippen LogP contribution < -0.4 is 5.09 Å². The van der Waals surface area contributed by atoms with Gasteiger partial charge in [-0.15, -0.1) is 0 Å². The SMILES string of the molecule is O=C1CCCC(NP)CCC1. The summed E-state index contributed by atoms with van der Waals surface area (Å²) < 4.78 is 0. The molecule has 0 aromatic carbocycles. The normalized spacial score (nSPS) is 22.8. The molecule has 1 saturated carbocycles. The van der Waals surface area contributed by atoms with Gasteiger partial charge in [0.05, 0.1) is 0 Å². The molecule has 0 aromatic rings. The van der Waals surface area contributed by atoms with Crippen molar-refractivity contribution in [2.75, 3.05) is 0 Å². The molecule has 1 atom stereocenters. The Bertz CT molecular complexity index is 126. The van der Waals surface area contributed by atoms with E-state index in [-0.39, 0.29) is 0 Å². The van der Waals surface area contributed by atoms with Crippen molar-refractivity contribution >= 4 is 15.2 Å². The predicted octanol–water partition coefficient (Wildman–Crippen LogP) is 1.66. The van der Waals surface area contributed by atoms with Crippen molar-refractivity contribution in [1.29, 1.82) is 0 Å². The van der Waals surface area contributed by atoms with Crippen LogP contribution in [0.3, 0.4) is 0 Å². The van der Waals surface area contributed by atoms with Crippen molar-refractivity contribution in [2.24, 2.45) is 0 Å². The van der Waals surface area contributed by atoms with Gasteiger partial charge in [-0.1, -0.05) is 9.39 Å². The zero-order valence-electron chi connectivity index (χ0n) is 6.81. The Balaban J connectivity index is 2.28. The predicted molar refractivity (Wildman–Crippen MR) is 49.3 cm³/mol. The molecule has 1 rings (SSSR count). The second kappa shape index (κ2) is 4.84. The van der Waals surface area contributed by atoms with Gasteiger partial charge in [-0.25, -0.2) is 0 Å². The van der Waals surface area contributed by atoms with Gasteiger partial charge in [-0.05, 0) is 25.7 Å². The summed E-state index contributed by atoms with van der Waals surface area (Å²) in [6.45, 7) is 0. The smallest absolute Gasteiger partial charge is 0.132 e. The molecule has 1 unspecified atom stereocenters. The highest BCUT2D eigenvalue weighted by molar-refractivity contribution is 7.13. The average Bonchev–Trinajstić information content (AvgIpc) is 1.96. The summed E-state index contributed by atoms with van der Waals surface area (Å²) >= 11 is 0. The van der Waals surface area contributed by atoms with Gasteiger partial charge in [0.25, 0.3) is 0 Å². The Hall–Kier alpha value is 0.0600. The third-order valence-electron chi connectivity index (χ3n) is 2.25. The van der Waals surface area contributed by atoms with Crippen molar-refractivity contribution in [1.82, 2.24) is 5.09 Å². The molecule has 1 fully saturated rings. The Morgan fingerprint density at radius 3 is 2.27 bits per heavy atom. The first kappa shape index (κ1) is 9.15. The molecule has 0 heterocycles. The van der Waals surface area contributed by atoms with E-state index in [1.807, 2.05) is 0 Å². The minimum atomic E-state index is 0.451. The van der Waals surface area contributed by atoms with E-state index >= 15 is 0 Å². The number of nitrogens with one attached hydrogen (secondary N) is 1. The largest absolute Gasteiger partial charge is 0.300 e. The number of carbonyl (C=O) groups is 1. The Kier molecular flexibility index (Phi) is 4.03. The lowest BCUT2D eigenvalue weighted by atomic mass is 9.97. The minimum Gasteiger partial charge on any atom is -0.300 e. The lowest BCUT2D eigenvalue weighted by Crippen LogP contribution is -2.22. The monoisotopic (exact) mass is 173 g/mol. The number of rotatable bonds is 1. The summed E-state index contributed by atoms with van der Waals surface area (Å²) in [5.41, 5.74) is 0. The van der Waals surface area contributed by atoms with Crippen LogP contribution in [0.5, 0.6) is 0 Å². The molecule has 3 heteroatoms. The first-order valence-electron chi connectivity index (χ1n) is 4.31. The number of hydrogen-bond acceptors (Lipinski definition) is 2. The number of carbonyl (C=O) groups excluding carboxylic acids is 1. The fraction of sp³-hybridized carbons (Fsp3) is 0.875. The molecule has 1 N–H and O–H groups in total. The van der Waals surface area contributed by atoms with E-state index in [4.69, 9.17) is 0 Å². The molecule has 0 aliphatic heterocycles. The second-order valence-electron chi connectivity index (χ2n) is 3.19. The molecule has 0 bridgehead atoms. The summed E-state index contributed by atoms with van der Waals surface area (Å²) in [6.07, 6.45) is 6.01. The highest BCUT2D eigenvalue weighted by Gasteiger charge is 2.12. The van der Waals surface area contributed by atoms with Gasteiger partial charge in [0.15, 0.2) is 0 Å². The van der Waals surface area contributed by atoms with Crippen LogP contribution in [0, 0.1) is 0 Å². The van der Waals surface area contributed by atoms with Gasteiger partial charge in [0, 0.05) is 18.9 Å². The van der Waals surface area contributed by atoms with Gasteiger partial charge in [-0.2, -0.15) is 0 Å². The Morgan fingerprint density at radius 2 is 1.82 bits per heavy atom. The fourth-order valence-electron chi connectivity index (χ4n) is 1.53. The van der Waals surface area contributed by atoms with Crippen LogP contribution in [0.2, 0.25) is 0 Å². The zero-order chi connectivity index (χ0) is 8.10. The van der Waals surface area contributed by atoms with Crippen molar-refractivity contribution in [3.05, 3.63) is 0 Å². The zero-order valence-corrected chi connectivity index (χ0v) is 7.96. The van der Waals surface area contributed by atoms with E-state index < -0.39 is 0 Å². The molecule has 1 aliphatic rings. The minimum absolute atomic E-state index is 0.451. The van der Waals surface area contributed by atoms with Gasteiger partial charge in [-0.3, -0.25) is 9.88 Å². The van der Waals surface area contributed by atoms with E-state index in [9.17, 15) is 4.79 Å². The van der Waals surface area contributed by atoms with E-state index in [1.165, 1.54) is 0 Å². The molecule has 2 nitrogen and oxygen atoms in total. The summed E-state index contributed by atoms with van der Waals surface area (Å²) in [7, 11) is 2.56. The molecule has 0 amide bonds. The van der Waals surface area contributed by atoms with Crippen molar-refractivity contribution in [3.8, 4) is 0 Å². The van der Waals surface area contributed by atoms with Crippen molar-refractivity contribution in [2.45, 2.75) is 44.6 Å². The van der Waals surface area contributed by atoms with Crippen LogP contribution in [0.4, 0.5) is 0 Å². The van der Waals surface area contributed by atoms with Crippen molar-refractivity contribution < 1.29 is 4.79 Å². The second-order valence-corrected chi connectivity index (χ2v) is 3.52. The van der Waals surface area contributed by atoms with Gasteiger partial charge < -0.3 is 0 Å². The Labute approximate surface area is 70.4 Å². The van der Waals surface area contributed by atoms with Gasteiger partial charge in [0.1, 0.15) is 5.78 Å². The molecule has 0 aromatic heterocycles. The van der Waals surface area contributed by atoms with Crippen molar-refractivity contribution in [3.63, 3.8) is 0 Å². The fourth-order valence-corrected chi connectivity index (χ4v) is 1.86. The molecular formula is C8H16NOP. The summed E-state index contributed by atoms with van der Waals surface area (Å²) in [4.78, 5) is 11.0. The summed E-state index contributed by atoms with van der Waals surface area (Å²) in [6, 6.07) is 0.619. The third kappa shape index (κ3) is 3.31. The topological polar surface area (TPSA) is 29.1 Å². The van der Waals surface area contributed by atoms with E-state index in [0.717, 1.165) is 38.5 Å². The molecule has 11 heavy (non-hydrogen) atoms. The Morgan fingerprint density at radius 1 is 1.27 bits per heavy atom. The van der Waals surface area contributed by atoms with Crippen LogP contribution in [0.15, 0.2) is 0 Å². The van der Waals surface area contributed by atoms with Crippen LogP contribution in [-0.4, -0.2) is 11.8 Å². The van der Waals surface area contributed by atoms with Crippen LogP contribution in [0.1, 0.15) is 38.5 Å². The lowest BCUT2D eigenvalue weighted by Gasteiger charge is -2.17. The standard InChI is InChI=1S/C8H16NOP/c10-8-5-1-3-7(9-11)4-2-6-8/h7,9H,1-6,11H2. The molecule has 0 spiro atoms. The maximum absolute atomic E-state index is 11.0. The average molecular weight is 173 g/mol. The third-order valence-corrected chi connectivity index (χ3v) is 2.72. The number of ketones is 1. The van der Waals surface area contributed by atoms with Crippen LogP contribution in [0.25, 0.3) is 0 Å². The van der Waals surface area contributed by atoms with Crippen LogP contribution >= 0.6 is 9.39 Å². The molecule has 64 valence electrons. The van der Waals surface area contributed by atoms with Gasteiger partial charge in [0.2, 0.25) is 0 Å². The van der Waals surface area contributed by atoms with E-state index in [1.54, 1.807) is 0 Å². The quantitative estimate of drug-likeness (QED) is 0.611. The van der Waals surface area contributed by atoms with Gasteiger partial charge >= 0.3 is 0 Å². The van der Waals surface area contributed by atoms with E-state index in [0.29, 0.717) is 11.8 Å². The first-order valence-corrected chi connectivity index (χ1v) is 4.88. The number of Topliss-reactive ketones (excluding diaryl/α,β-unsaturated/α-hetero) is 1. The van der Waals surface area contributed by atoms with Crippen LogP contribution in [-0.2, 0) is 4.79 Å². The highest BCUT2D eigenvalue weighted by atomic mass is 31.0. The maximum Gasteiger partial charge on any atom is 0.132 e. The molecular weight excluding hydrogens is 157 g/mol. The molecule has 1 aliphatic carbocycles. The van der Waals surface area contributed by atoms with E-state index in [2.05, 4.69) is 14.5 Å². The maximum atomic E-state index is 11.0. The molecule has 0 radical (unpaired) electrons. The number of hydrogen-bond donors (Lipinski definition) is 1. The summed E-state index contributed by atoms with van der Waals surface area (Å²) in [5, 5.41) is 3.19.